The summed E-state index contributed by atoms with van der Waals surface area (Å²) >= 11 is 0. The van der Waals surface area contributed by atoms with Crippen LogP contribution in [0.1, 0.15) is 59.3 Å². The minimum Gasteiger partial charge on any atom is -0.429 e. The van der Waals surface area contributed by atoms with Crippen LogP contribution in [0.15, 0.2) is 23.3 Å². The number of hydrogen-bond donors (Lipinski definition) is 1. The maximum absolute atomic E-state index is 11.6. The van der Waals surface area contributed by atoms with E-state index in [-0.39, 0.29) is 16.7 Å². The van der Waals surface area contributed by atoms with Crippen molar-refractivity contribution in [3.05, 3.63) is 23.3 Å². The first kappa shape index (κ1) is 17.4. The van der Waals surface area contributed by atoms with Crippen LogP contribution in [-0.2, 0) is 14.3 Å². The molecule has 3 rings (SSSR count). The minimum atomic E-state index is -1.11. The number of allylic oxidation sites excluding steroid dienone is 2. The summed E-state index contributed by atoms with van der Waals surface area (Å²) in [7, 11) is 0. The Morgan fingerprint density at radius 3 is 2.71 bits per heavy atom. The normalized spacial score (nSPS) is 38.0. The molecule has 2 aliphatic carbocycles. The Kier molecular flexibility index (Phi) is 4.45. The number of cyclic esters (lactones) is 1. The Labute approximate surface area is 144 Å². The molecule has 0 aromatic heterocycles. The average molecular weight is 332 g/mol. The van der Waals surface area contributed by atoms with Crippen LogP contribution in [0.5, 0.6) is 0 Å². The number of carbonyl (C=O) groups excluding carboxylic acids is 2. The lowest BCUT2D eigenvalue weighted by molar-refractivity contribution is -0.151. The lowest BCUT2D eigenvalue weighted by atomic mass is 9.48. The second kappa shape index (κ2) is 6.14. The predicted molar refractivity (Wildman–Crippen MR) is 90.9 cm³/mol. The molecule has 0 radical (unpaired) electrons. The standard InChI is InChI=1S/C20H28O4/c1-19(2)9-4-10-20(3)15(14(12-21)6-8-16(19)20)7-5-13-11-17(22)24-18(13)23/h6,11-12,15-16,18,23H,4-5,7-10H2,1-3H3. The number of esters is 1. The molecule has 1 heterocycles. The van der Waals surface area contributed by atoms with E-state index in [1.165, 1.54) is 18.9 Å². The smallest absolute Gasteiger partial charge is 0.333 e. The van der Waals surface area contributed by atoms with Crippen molar-refractivity contribution in [1.82, 2.24) is 0 Å². The number of fused-ring (bicyclic) bond motifs is 1. The van der Waals surface area contributed by atoms with Crippen LogP contribution in [0.2, 0.25) is 0 Å². The van der Waals surface area contributed by atoms with E-state index in [9.17, 15) is 14.7 Å². The van der Waals surface area contributed by atoms with E-state index in [1.54, 1.807) is 0 Å². The van der Waals surface area contributed by atoms with Gasteiger partial charge < -0.3 is 9.84 Å². The number of aldehydes is 1. The Bertz CT molecular complexity index is 601. The molecule has 1 N–H and O–H groups in total. The van der Waals surface area contributed by atoms with E-state index in [4.69, 9.17) is 4.74 Å². The van der Waals surface area contributed by atoms with Crippen molar-refractivity contribution in [1.29, 1.82) is 0 Å². The summed E-state index contributed by atoms with van der Waals surface area (Å²) in [5, 5.41) is 9.80. The third kappa shape index (κ3) is 2.85. The second-order valence-electron chi connectivity index (χ2n) is 8.56. The number of hydrogen-bond acceptors (Lipinski definition) is 4. The molecule has 0 aromatic rings. The van der Waals surface area contributed by atoms with Crippen LogP contribution in [0, 0.1) is 22.7 Å². The van der Waals surface area contributed by atoms with Gasteiger partial charge in [0.15, 0.2) is 0 Å². The number of ether oxygens (including phenoxy) is 1. The van der Waals surface area contributed by atoms with Crippen molar-refractivity contribution in [2.24, 2.45) is 22.7 Å². The predicted octanol–water partition coefficient (Wildman–Crippen LogP) is 3.55. The van der Waals surface area contributed by atoms with Crippen LogP contribution in [0.3, 0.4) is 0 Å². The van der Waals surface area contributed by atoms with Gasteiger partial charge in [0.2, 0.25) is 6.29 Å². The van der Waals surface area contributed by atoms with Crippen molar-refractivity contribution < 1.29 is 19.4 Å². The molecule has 1 aliphatic heterocycles. The van der Waals surface area contributed by atoms with E-state index < -0.39 is 12.3 Å². The lowest BCUT2D eigenvalue weighted by Gasteiger charge is -2.56. The molecule has 4 heteroatoms. The van der Waals surface area contributed by atoms with E-state index in [0.29, 0.717) is 17.9 Å². The van der Waals surface area contributed by atoms with Gasteiger partial charge in [-0.1, -0.05) is 33.3 Å². The van der Waals surface area contributed by atoms with Crippen molar-refractivity contribution in [3.63, 3.8) is 0 Å². The topological polar surface area (TPSA) is 63.6 Å². The number of aliphatic hydroxyl groups excluding tert-OH is 1. The highest BCUT2D eigenvalue weighted by Gasteiger charge is 2.52. The zero-order chi connectivity index (χ0) is 17.5. The van der Waals surface area contributed by atoms with Crippen molar-refractivity contribution in [2.45, 2.75) is 65.6 Å². The van der Waals surface area contributed by atoms with Crippen LogP contribution < -0.4 is 0 Å². The first-order valence-corrected chi connectivity index (χ1v) is 9.02. The second-order valence-corrected chi connectivity index (χ2v) is 8.56. The van der Waals surface area contributed by atoms with Gasteiger partial charge in [-0.3, -0.25) is 4.79 Å². The summed E-state index contributed by atoms with van der Waals surface area (Å²) in [6, 6.07) is 0. The van der Waals surface area contributed by atoms with Crippen LogP contribution in [-0.4, -0.2) is 23.7 Å². The summed E-state index contributed by atoms with van der Waals surface area (Å²) in [5.41, 5.74) is 1.90. The van der Waals surface area contributed by atoms with Gasteiger partial charge in [0.05, 0.1) is 0 Å². The van der Waals surface area contributed by atoms with Gasteiger partial charge in [-0.15, -0.1) is 0 Å². The fraction of sp³-hybridized carbons (Fsp3) is 0.700. The van der Waals surface area contributed by atoms with Gasteiger partial charge >= 0.3 is 5.97 Å². The van der Waals surface area contributed by atoms with Crippen LogP contribution >= 0.6 is 0 Å². The monoisotopic (exact) mass is 332 g/mol. The van der Waals surface area contributed by atoms with Crippen molar-refractivity contribution in [3.8, 4) is 0 Å². The third-order valence-corrected chi connectivity index (χ3v) is 6.77. The lowest BCUT2D eigenvalue weighted by Crippen LogP contribution is -2.48. The first-order valence-electron chi connectivity index (χ1n) is 9.02. The van der Waals surface area contributed by atoms with E-state index in [2.05, 4.69) is 26.8 Å². The van der Waals surface area contributed by atoms with Gasteiger partial charge in [0.1, 0.15) is 6.29 Å². The van der Waals surface area contributed by atoms with Gasteiger partial charge in [0.25, 0.3) is 0 Å². The fourth-order valence-electron chi connectivity index (χ4n) is 5.52. The van der Waals surface area contributed by atoms with Gasteiger partial charge in [0, 0.05) is 11.6 Å². The molecule has 0 saturated heterocycles. The molecular weight excluding hydrogens is 304 g/mol. The summed E-state index contributed by atoms with van der Waals surface area (Å²) in [6.45, 7) is 7.03. The molecule has 4 nitrogen and oxygen atoms in total. The molecular formula is C20H28O4. The Morgan fingerprint density at radius 1 is 1.33 bits per heavy atom. The fourth-order valence-corrected chi connectivity index (χ4v) is 5.52. The molecule has 0 bridgehead atoms. The minimum absolute atomic E-state index is 0.0989. The van der Waals surface area contributed by atoms with E-state index in [1.807, 2.05) is 0 Å². The quantitative estimate of drug-likeness (QED) is 0.632. The Balaban J connectivity index is 1.84. The molecule has 132 valence electrons. The highest BCUT2D eigenvalue weighted by atomic mass is 16.6. The van der Waals surface area contributed by atoms with Gasteiger partial charge in [-0.05, 0) is 60.3 Å². The number of rotatable bonds is 4. The number of carbonyl (C=O) groups is 2. The number of aliphatic hydroxyl groups is 1. The molecule has 4 unspecified atom stereocenters. The highest BCUT2D eigenvalue weighted by Crippen LogP contribution is 2.60. The summed E-state index contributed by atoms with van der Waals surface area (Å²) < 4.78 is 4.77. The molecule has 4 atom stereocenters. The SMILES string of the molecule is CC1(C)CCCC2(C)C(CCC3=CC(=O)OC3O)C(C=O)=CCC12. The maximum atomic E-state index is 11.6. The summed E-state index contributed by atoms with van der Waals surface area (Å²) in [5.74, 6) is 0.264. The molecule has 1 saturated carbocycles. The molecule has 0 amide bonds. The Morgan fingerprint density at radius 2 is 2.08 bits per heavy atom. The highest BCUT2D eigenvalue weighted by molar-refractivity contribution is 5.85. The van der Waals surface area contributed by atoms with Crippen LogP contribution in [0.25, 0.3) is 0 Å². The molecule has 0 aromatic carbocycles. The summed E-state index contributed by atoms with van der Waals surface area (Å²) in [4.78, 5) is 22.9. The first-order chi connectivity index (χ1) is 11.3. The largest absolute Gasteiger partial charge is 0.429 e. The van der Waals surface area contributed by atoms with Crippen molar-refractivity contribution in [2.75, 3.05) is 0 Å². The molecule has 1 fully saturated rings. The van der Waals surface area contributed by atoms with Crippen molar-refractivity contribution >= 4 is 12.3 Å². The third-order valence-electron chi connectivity index (χ3n) is 6.77. The molecule has 24 heavy (non-hydrogen) atoms. The Hall–Kier alpha value is -1.42. The van der Waals surface area contributed by atoms with E-state index >= 15 is 0 Å². The van der Waals surface area contributed by atoms with Crippen LogP contribution in [0.4, 0.5) is 0 Å². The average Bonchev–Trinajstić information content (AvgIpc) is 2.82. The van der Waals surface area contributed by atoms with Gasteiger partial charge in [-0.2, -0.15) is 0 Å². The molecule has 3 aliphatic rings. The zero-order valence-corrected chi connectivity index (χ0v) is 14.9. The molecule has 0 spiro atoms. The zero-order valence-electron chi connectivity index (χ0n) is 14.9. The van der Waals surface area contributed by atoms with E-state index in [0.717, 1.165) is 31.1 Å². The maximum Gasteiger partial charge on any atom is 0.333 e. The summed E-state index contributed by atoms with van der Waals surface area (Å²) in [6.07, 6.45) is 9.30. The van der Waals surface area contributed by atoms with Gasteiger partial charge in [-0.25, -0.2) is 4.79 Å².